The number of carbonyl (C=O) groups is 1. The predicted octanol–water partition coefficient (Wildman–Crippen LogP) is 1.28. The van der Waals surface area contributed by atoms with Crippen molar-refractivity contribution in [3.05, 3.63) is 0 Å². The molecule has 88 valence electrons. The normalized spacial score (nSPS) is 13.3. The predicted molar refractivity (Wildman–Crippen MR) is 57.5 cm³/mol. The van der Waals surface area contributed by atoms with Crippen molar-refractivity contribution in [1.29, 1.82) is 0 Å². The van der Waals surface area contributed by atoms with Crippen LogP contribution < -0.4 is 11.1 Å². The summed E-state index contributed by atoms with van der Waals surface area (Å²) >= 11 is 4.38. The van der Waals surface area contributed by atoms with Crippen LogP contribution in [0, 0.1) is 5.92 Å². The van der Waals surface area contributed by atoms with E-state index in [-0.39, 0.29) is 29.0 Å². The zero-order valence-corrected chi connectivity index (χ0v) is 9.56. The summed E-state index contributed by atoms with van der Waals surface area (Å²) in [6.45, 7) is 1.44. The fourth-order valence-electron chi connectivity index (χ4n) is 0.623. The number of halogens is 3. The van der Waals surface area contributed by atoms with Gasteiger partial charge in [0, 0.05) is 12.3 Å². The van der Waals surface area contributed by atoms with Crippen molar-refractivity contribution in [3.8, 4) is 0 Å². The smallest absolute Gasteiger partial charge is 0.393 e. The first-order valence-corrected chi connectivity index (χ1v) is 5.41. The number of nitrogens with two attached hydrogens (primary N) is 1. The van der Waals surface area contributed by atoms with E-state index in [1.54, 1.807) is 0 Å². The van der Waals surface area contributed by atoms with Gasteiger partial charge in [-0.15, -0.1) is 0 Å². The molecule has 3 N–H and O–H groups in total. The number of carbonyl (C=O) groups excluding carboxylic acids is 1. The number of hydrogen-bond donors (Lipinski definition) is 2. The SMILES string of the molecule is CC(C(=O)NCCSC(F)(F)F)C(N)=S. The van der Waals surface area contributed by atoms with Gasteiger partial charge in [-0.25, -0.2) is 0 Å². The quantitative estimate of drug-likeness (QED) is 0.577. The minimum absolute atomic E-state index is 0.0241. The van der Waals surface area contributed by atoms with Crippen LogP contribution in [0.3, 0.4) is 0 Å². The van der Waals surface area contributed by atoms with Gasteiger partial charge in [0.25, 0.3) is 0 Å². The summed E-state index contributed by atoms with van der Waals surface area (Å²) in [6.07, 6.45) is 0. The van der Waals surface area contributed by atoms with E-state index in [2.05, 4.69) is 17.5 Å². The maximum absolute atomic E-state index is 11.7. The van der Waals surface area contributed by atoms with Crippen LogP contribution in [-0.4, -0.2) is 28.7 Å². The Morgan fingerprint density at radius 3 is 2.53 bits per heavy atom. The molecule has 3 nitrogen and oxygen atoms in total. The first kappa shape index (κ1) is 14.5. The maximum atomic E-state index is 11.7. The Morgan fingerprint density at radius 2 is 2.13 bits per heavy atom. The average Bonchev–Trinajstić information content (AvgIpc) is 2.09. The zero-order valence-electron chi connectivity index (χ0n) is 7.93. The molecule has 0 bridgehead atoms. The molecule has 0 aliphatic heterocycles. The van der Waals surface area contributed by atoms with Crippen molar-refractivity contribution >= 4 is 34.9 Å². The highest BCUT2D eigenvalue weighted by Gasteiger charge is 2.27. The molecule has 0 aromatic heterocycles. The summed E-state index contributed by atoms with van der Waals surface area (Å²) in [5, 5.41) is 2.31. The summed E-state index contributed by atoms with van der Waals surface area (Å²) in [7, 11) is 0. The standard InChI is InChI=1S/C7H11F3N2OS2/c1-4(5(11)14)6(13)12-2-3-15-7(8,9)10/h4H,2-3H2,1H3,(H2,11,14)(H,12,13). The van der Waals surface area contributed by atoms with Crippen LogP contribution in [0.25, 0.3) is 0 Å². The van der Waals surface area contributed by atoms with Crippen LogP contribution in [0.1, 0.15) is 6.92 Å². The van der Waals surface area contributed by atoms with Gasteiger partial charge in [-0.05, 0) is 18.7 Å². The number of thiocarbonyl (C=S) groups is 1. The zero-order chi connectivity index (χ0) is 12.1. The number of hydrogen-bond acceptors (Lipinski definition) is 3. The van der Waals surface area contributed by atoms with Crippen molar-refractivity contribution < 1.29 is 18.0 Å². The third-order valence-electron chi connectivity index (χ3n) is 1.49. The molecule has 1 amide bonds. The molecule has 0 fully saturated rings. The van der Waals surface area contributed by atoms with Gasteiger partial charge in [-0.2, -0.15) is 13.2 Å². The van der Waals surface area contributed by atoms with Crippen LogP contribution >= 0.6 is 24.0 Å². The van der Waals surface area contributed by atoms with Crippen LogP contribution in [-0.2, 0) is 4.79 Å². The molecule has 0 heterocycles. The fraction of sp³-hybridized carbons (Fsp3) is 0.714. The number of amides is 1. The van der Waals surface area contributed by atoms with Gasteiger partial charge >= 0.3 is 5.51 Å². The molecule has 0 spiro atoms. The van der Waals surface area contributed by atoms with E-state index in [0.717, 1.165) is 0 Å². The molecule has 0 saturated heterocycles. The molecule has 0 aliphatic carbocycles. The fourth-order valence-corrected chi connectivity index (χ4v) is 1.17. The van der Waals surface area contributed by atoms with Crippen LogP contribution in [0.2, 0.25) is 0 Å². The summed E-state index contributed by atoms with van der Waals surface area (Å²) in [6, 6.07) is 0. The maximum Gasteiger partial charge on any atom is 0.441 e. The second kappa shape index (κ2) is 6.16. The van der Waals surface area contributed by atoms with Crippen molar-refractivity contribution in [2.45, 2.75) is 12.4 Å². The highest BCUT2D eigenvalue weighted by Crippen LogP contribution is 2.29. The van der Waals surface area contributed by atoms with Crippen LogP contribution in [0.15, 0.2) is 0 Å². The van der Waals surface area contributed by atoms with Gasteiger partial charge in [0.15, 0.2) is 0 Å². The Morgan fingerprint density at radius 1 is 1.60 bits per heavy atom. The van der Waals surface area contributed by atoms with Gasteiger partial charge in [-0.3, -0.25) is 4.79 Å². The molecule has 0 radical (unpaired) electrons. The highest BCUT2D eigenvalue weighted by molar-refractivity contribution is 8.00. The van der Waals surface area contributed by atoms with Crippen molar-refractivity contribution in [1.82, 2.24) is 5.32 Å². The second-order valence-corrected chi connectivity index (χ2v) is 4.34. The summed E-state index contributed by atoms with van der Waals surface area (Å²) in [5.41, 5.74) is 0.931. The Bertz CT molecular complexity index is 245. The molecule has 15 heavy (non-hydrogen) atoms. The topological polar surface area (TPSA) is 55.1 Å². The van der Waals surface area contributed by atoms with E-state index in [1.807, 2.05) is 0 Å². The van der Waals surface area contributed by atoms with E-state index in [0.29, 0.717) is 0 Å². The Balaban J connectivity index is 3.69. The lowest BCUT2D eigenvalue weighted by molar-refractivity contribution is -0.122. The monoisotopic (exact) mass is 260 g/mol. The Kier molecular flexibility index (Phi) is 5.96. The number of alkyl halides is 3. The van der Waals surface area contributed by atoms with Gasteiger partial charge in [0.2, 0.25) is 5.91 Å². The van der Waals surface area contributed by atoms with Crippen molar-refractivity contribution in [2.75, 3.05) is 12.3 Å². The molecular weight excluding hydrogens is 249 g/mol. The minimum atomic E-state index is -4.26. The lowest BCUT2D eigenvalue weighted by Gasteiger charge is -2.10. The lowest BCUT2D eigenvalue weighted by atomic mass is 10.2. The Labute approximate surface area is 95.0 Å². The molecule has 1 unspecified atom stereocenters. The van der Waals surface area contributed by atoms with Crippen LogP contribution in [0.5, 0.6) is 0 Å². The number of rotatable bonds is 5. The van der Waals surface area contributed by atoms with E-state index in [1.165, 1.54) is 6.92 Å². The molecule has 0 rings (SSSR count). The molecule has 1 atom stereocenters. The average molecular weight is 260 g/mol. The summed E-state index contributed by atoms with van der Waals surface area (Å²) in [5.74, 6) is -1.33. The first-order chi connectivity index (χ1) is 6.74. The largest absolute Gasteiger partial charge is 0.441 e. The van der Waals surface area contributed by atoms with E-state index >= 15 is 0 Å². The third kappa shape index (κ3) is 7.43. The molecule has 8 heteroatoms. The van der Waals surface area contributed by atoms with E-state index in [9.17, 15) is 18.0 Å². The van der Waals surface area contributed by atoms with Crippen molar-refractivity contribution in [3.63, 3.8) is 0 Å². The molecule has 0 aliphatic rings. The molecule has 0 saturated carbocycles. The van der Waals surface area contributed by atoms with E-state index in [4.69, 9.17) is 5.73 Å². The van der Waals surface area contributed by atoms with Gasteiger partial charge in [0.05, 0.1) is 10.9 Å². The summed E-state index contributed by atoms with van der Waals surface area (Å²) in [4.78, 5) is 11.2. The van der Waals surface area contributed by atoms with E-state index < -0.39 is 17.3 Å². The van der Waals surface area contributed by atoms with Gasteiger partial charge in [0.1, 0.15) is 0 Å². The third-order valence-corrected chi connectivity index (χ3v) is 2.58. The number of thioether (sulfide) groups is 1. The minimum Gasteiger partial charge on any atom is -0.393 e. The first-order valence-electron chi connectivity index (χ1n) is 4.01. The van der Waals surface area contributed by atoms with Crippen LogP contribution in [0.4, 0.5) is 13.2 Å². The molecular formula is C7H11F3N2OS2. The Hall–Kier alpha value is -0.500. The molecule has 0 aromatic carbocycles. The second-order valence-electron chi connectivity index (χ2n) is 2.71. The van der Waals surface area contributed by atoms with Gasteiger partial charge in [-0.1, -0.05) is 12.2 Å². The lowest BCUT2D eigenvalue weighted by Crippen LogP contribution is -2.37. The molecule has 0 aromatic rings. The van der Waals surface area contributed by atoms with Crippen molar-refractivity contribution in [2.24, 2.45) is 11.7 Å². The summed E-state index contributed by atoms with van der Waals surface area (Å²) < 4.78 is 35.0. The van der Waals surface area contributed by atoms with Gasteiger partial charge < -0.3 is 11.1 Å². The highest BCUT2D eigenvalue weighted by atomic mass is 32.2. The number of nitrogens with one attached hydrogen (secondary N) is 1.